The smallest absolute Gasteiger partial charge is 0.266 e. The lowest BCUT2D eigenvalue weighted by molar-refractivity contribution is 0.102. The number of para-hydroxylation sites is 2. The van der Waals surface area contributed by atoms with Crippen molar-refractivity contribution in [1.82, 2.24) is 9.97 Å². The predicted octanol–water partition coefficient (Wildman–Crippen LogP) is 5.16. The Hall–Kier alpha value is -3.25. The van der Waals surface area contributed by atoms with E-state index in [1.807, 2.05) is 56.3 Å². The quantitative estimate of drug-likeness (QED) is 0.500. The first kappa shape index (κ1) is 19.1. The average molecular weight is 404 g/mol. The van der Waals surface area contributed by atoms with Crippen LogP contribution in [0.3, 0.4) is 0 Å². The Morgan fingerprint density at radius 3 is 2.52 bits per heavy atom. The maximum atomic E-state index is 13.0. The zero-order valence-corrected chi connectivity index (χ0v) is 17.3. The fraction of sp³-hybridized carbons (Fsp3) is 0.174. The number of methoxy groups -OCH3 is 1. The van der Waals surface area contributed by atoms with Gasteiger partial charge in [-0.15, -0.1) is 11.3 Å². The van der Waals surface area contributed by atoms with E-state index in [-0.39, 0.29) is 5.91 Å². The van der Waals surface area contributed by atoms with E-state index in [9.17, 15) is 4.79 Å². The molecule has 0 spiro atoms. The lowest BCUT2D eigenvalue weighted by Crippen LogP contribution is -2.12. The summed E-state index contributed by atoms with van der Waals surface area (Å²) in [6, 6.07) is 17.5. The Morgan fingerprint density at radius 2 is 1.76 bits per heavy atom. The van der Waals surface area contributed by atoms with Crippen LogP contribution >= 0.6 is 11.3 Å². The number of aromatic nitrogens is 2. The van der Waals surface area contributed by atoms with Gasteiger partial charge in [-0.3, -0.25) is 4.79 Å². The topological polar surface area (TPSA) is 64.1 Å². The summed E-state index contributed by atoms with van der Waals surface area (Å²) in [5.41, 5.74) is 3.60. The van der Waals surface area contributed by atoms with Crippen molar-refractivity contribution in [2.45, 2.75) is 20.3 Å². The first-order chi connectivity index (χ1) is 14.1. The molecule has 0 saturated heterocycles. The summed E-state index contributed by atoms with van der Waals surface area (Å²) in [7, 11) is 1.59. The summed E-state index contributed by atoms with van der Waals surface area (Å²) in [5.74, 6) is 1.22. The number of rotatable bonds is 5. The lowest BCUT2D eigenvalue weighted by Gasteiger charge is -2.09. The van der Waals surface area contributed by atoms with Crippen molar-refractivity contribution in [3.63, 3.8) is 0 Å². The minimum absolute atomic E-state index is 0.168. The van der Waals surface area contributed by atoms with E-state index in [1.54, 1.807) is 7.11 Å². The van der Waals surface area contributed by atoms with Gasteiger partial charge in [0.1, 0.15) is 16.4 Å². The molecule has 0 fully saturated rings. The molecule has 6 heteroatoms. The van der Waals surface area contributed by atoms with Gasteiger partial charge in [0.05, 0.1) is 23.4 Å². The fourth-order valence-electron chi connectivity index (χ4n) is 3.40. The third-order valence-corrected chi connectivity index (χ3v) is 5.97. The van der Waals surface area contributed by atoms with Crippen LogP contribution in [0.4, 0.5) is 5.69 Å². The van der Waals surface area contributed by atoms with Crippen LogP contribution in [0.1, 0.15) is 32.3 Å². The second kappa shape index (κ2) is 8.01. The molecule has 2 aromatic heterocycles. The van der Waals surface area contributed by atoms with Gasteiger partial charge in [0.25, 0.3) is 5.91 Å². The number of amides is 1. The van der Waals surface area contributed by atoms with Crippen molar-refractivity contribution in [1.29, 1.82) is 0 Å². The third-order valence-electron chi connectivity index (χ3n) is 4.78. The van der Waals surface area contributed by atoms with Crippen LogP contribution < -0.4 is 10.1 Å². The van der Waals surface area contributed by atoms with Crippen LogP contribution in [-0.4, -0.2) is 23.0 Å². The highest BCUT2D eigenvalue weighted by atomic mass is 32.1. The predicted molar refractivity (Wildman–Crippen MR) is 117 cm³/mol. The molecule has 2 heterocycles. The normalized spacial score (nSPS) is 10.9. The number of thiophene rings is 1. The molecule has 4 aromatic rings. The Balaban J connectivity index is 1.68. The maximum Gasteiger partial charge on any atom is 0.266 e. The molecule has 2 aromatic carbocycles. The number of ether oxygens (including phenoxy) is 1. The van der Waals surface area contributed by atoms with E-state index >= 15 is 0 Å². The first-order valence-electron chi connectivity index (χ1n) is 9.31. The molecular weight excluding hydrogens is 382 g/mol. The zero-order chi connectivity index (χ0) is 20.4. The van der Waals surface area contributed by atoms with Crippen molar-refractivity contribution in [3.05, 3.63) is 82.1 Å². The van der Waals surface area contributed by atoms with E-state index in [0.717, 1.165) is 32.9 Å². The van der Waals surface area contributed by atoms with Gasteiger partial charge < -0.3 is 10.1 Å². The fourth-order valence-corrected chi connectivity index (χ4v) is 4.54. The van der Waals surface area contributed by atoms with Crippen molar-refractivity contribution < 1.29 is 9.53 Å². The largest absolute Gasteiger partial charge is 0.495 e. The van der Waals surface area contributed by atoms with Crippen LogP contribution in [0.15, 0.2) is 54.6 Å². The number of benzene rings is 2. The van der Waals surface area contributed by atoms with Gasteiger partial charge in [-0.25, -0.2) is 9.97 Å². The molecule has 29 heavy (non-hydrogen) atoms. The lowest BCUT2D eigenvalue weighted by atomic mass is 10.1. The highest BCUT2D eigenvalue weighted by Crippen LogP contribution is 2.33. The summed E-state index contributed by atoms with van der Waals surface area (Å²) in [4.78, 5) is 23.9. The van der Waals surface area contributed by atoms with Gasteiger partial charge in [-0.1, -0.05) is 42.5 Å². The number of carbonyl (C=O) groups is 1. The van der Waals surface area contributed by atoms with Crippen LogP contribution in [0.5, 0.6) is 5.75 Å². The van der Waals surface area contributed by atoms with Crippen LogP contribution in [0.25, 0.3) is 10.2 Å². The standard InChI is InChI=1S/C23H21N3O2S/c1-14-20-15(2)24-19(13-16-9-5-4-6-10-16)26-23(20)29-21(14)22(27)25-17-11-7-8-12-18(17)28-3/h4-12H,13H2,1-3H3,(H,25,27). The Labute approximate surface area is 173 Å². The minimum Gasteiger partial charge on any atom is -0.495 e. The molecular formula is C23H21N3O2S. The van der Waals surface area contributed by atoms with Gasteiger partial charge in [-0.2, -0.15) is 0 Å². The third kappa shape index (κ3) is 3.84. The molecule has 0 aliphatic carbocycles. The molecule has 0 unspecified atom stereocenters. The monoisotopic (exact) mass is 403 g/mol. The number of nitrogens with zero attached hydrogens (tertiary/aromatic N) is 2. The van der Waals surface area contributed by atoms with E-state index in [4.69, 9.17) is 9.72 Å². The van der Waals surface area contributed by atoms with Gasteiger partial charge in [0.15, 0.2) is 0 Å². The first-order valence-corrected chi connectivity index (χ1v) is 10.1. The highest BCUT2D eigenvalue weighted by Gasteiger charge is 2.20. The van der Waals surface area contributed by atoms with E-state index in [1.165, 1.54) is 11.3 Å². The number of fused-ring (bicyclic) bond motifs is 1. The molecule has 0 aliphatic heterocycles. The molecule has 5 nitrogen and oxygen atoms in total. The van der Waals surface area contributed by atoms with Crippen LogP contribution in [-0.2, 0) is 6.42 Å². The molecule has 4 rings (SSSR count). The highest BCUT2D eigenvalue weighted by molar-refractivity contribution is 7.20. The summed E-state index contributed by atoms with van der Waals surface area (Å²) < 4.78 is 5.33. The summed E-state index contributed by atoms with van der Waals surface area (Å²) in [6.07, 6.45) is 0.664. The van der Waals surface area contributed by atoms with Gasteiger partial charge in [0.2, 0.25) is 0 Å². The van der Waals surface area contributed by atoms with Crippen LogP contribution in [0.2, 0.25) is 0 Å². The average Bonchev–Trinajstić information content (AvgIpc) is 3.06. The van der Waals surface area contributed by atoms with Crippen molar-refractivity contribution >= 4 is 33.1 Å². The molecule has 146 valence electrons. The Kier molecular flexibility index (Phi) is 5.27. The molecule has 0 radical (unpaired) electrons. The SMILES string of the molecule is COc1ccccc1NC(=O)c1sc2nc(Cc3ccccc3)nc(C)c2c1C. The number of aryl methyl sites for hydroxylation is 2. The molecule has 1 amide bonds. The van der Waals surface area contributed by atoms with E-state index < -0.39 is 0 Å². The van der Waals surface area contributed by atoms with Gasteiger partial charge >= 0.3 is 0 Å². The molecule has 0 saturated carbocycles. The van der Waals surface area contributed by atoms with Gasteiger partial charge in [-0.05, 0) is 37.1 Å². The van der Waals surface area contributed by atoms with E-state index in [2.05, 4.69) is 22.4 Å². The number of hydrogen-bond donors (Lipinski definition) is 1. The number of carbonyl (C=O) groups excluding carboxylic acids is 1. The Bertz CT molecular complexity index is 1190. The maximum absolute atomic E-state index is 13.0. The van der Waals surface area contributed by atoms with Crippen molar-refractivity contribution in [3.8, 4) is 5.75 Å². The number of anilines is 1. The summed E-state index contributed by atoms with van der Waals surface area (Å²) in [6.45, 7) is 3.92. The van der Waals surface area contributed by atoms with Crippen LogP contribution in [0, 0.1) is 13.8 Å². The van der Waals surface area contributed by atoms with Gasteiger partial charge in [0, 0.05) is 11.8 Å². The number of hydrogen-bond acceptors (Lipinski definition) is 5. The Morgan fingerprint density at radius 1 is 1.03 bits per heavy atom. The second-order valence-electron chi connectivity index (χ2n) is 6.78. The summed E-state index contributed by atoms with van der Waals surface area (Å²) >= 11 is 1.40. The van der Waals surface area contributed by atoms with Crippen molar-refractivity contribution in [2.75, 3.05) is 12.4 Å². The summed E-state index contributed by atoms with van der Waals surface area (Å²) in [5, 5.41) is 3.91. The van der Waals surface area contributed by atoms with Crippen molar-refractivity contribution in [2.24, 2.45) is 0 Å². The number of nitrogens with one attached hydrogen (secondary N) is 1. The molecule has 1 N–H and O–H groups in total. The molecule has 0 bridgehead atoms. The zero-order valence-electron chi connectivity index (χ0n) is 16.5. The second-order valence-corrected chi connectivity index (χ2v) is 7.78. The van der Waals surface area contributed by atoms with E-state index in [0.29, 0.717) is 22.7 Å². The minimum atomic E-state index is -0.168. The molecule has 0 aliphatic rings. The molecule has 0 atom stereocenters.